The highest BCUT2D eigenvalue weighted by atomic mass is 32.2. The normalized spacial score (nSPS) is 15.7. The van der Waals surface area contributed by atoms with Crippen molar-refractivity contribution in [3.63, 3.8) is 0 Å². The van der Waals surface area contributed by atoms with E-state index < -0.39 is 11.2 Å². The van der Waals surface area contributed by atoms with E-state index in [0.717, 1.165) is 16.1 Å². The van der Waals surface area contributed by atoms with Crippen molar-refractivity contribution >= 4 is 35.2 Å². The van der Waals surface area contributed by atoms with Crippen molar-refractivity contribution in [2.75, 3.05) is 11.9 Å². The maximum Gasteiger partial charge on any atom is 0.335 e. The third-order valence-corrected chi connectivity index (χ3v) is 5.29. The number of aromatic carboxylic acids is 1. The summed E-state index contributed by atoms with van der Waals surface area (Å²) in [6, 6.07) is 14.1. The number of fused-ring (bicyclic) bond motifs is 1. The fraction of sp³-hybridized carbons (Fsp3) is 0.211. The molecule has 0 saturated heterocycles. The van der Waals surface area contributed by atoms with Crippen molar-refractivity contribution < 1.29 is 19.5 Å². The first-order valence-electron chi connectivity index (χ1n) is 8.18. The Morgan fingerprint density at radius 2 is 1.85 bits per heavy atom. The van der Waals surface area contributed by atoms with Gasteiger partial charge < -0.3 is 15.7 Å². The summed E-state index contributed by atoms with van der Waals surface area (Å²) in [4.78, 5) is 36.0. The third kappa shape index (κ3) is 4.43. The summed E-state index contributed by atoms with van der Waals surface area (Å²) >= 11 is 1.40. The molecule has 6 nitrogen and oxygen atoms in total. The molecule has 1 atom stereocenters. The number of rotatable bonds is 6. The first-order chi connectivity index (χ1) is 12.5. The number of hydrogen-bond donors (Lipinski definition) is 3. The summed E-state index contributed by atoms with van der Waals surface area (Å²) in [6.45, 7) is 0.431. The first kappa shape index (κ1) is 18.0. The Hall–Kier alpha value is -2.80. The third-order valence-electron chi connectivity index (χ3n) is 4.01. The smallest absolute Gasteiger partial charge is 0.335 e. The second-order valence-electron chi connectivity index (χ2n) is 5.90. The Bertz CT molecular complexity index is 836. The molecule has 0 fully saturated rings. The molecular formula is C19H18N2O4S. The minimum atomic E-state index is -0.963. The maximum absolute atomic E-state index is 12.1. The van der Waals surface area contributed by atoms with E-state index in [4.69, 9.17) is 5.11 Å². The van der Waals surface area contributed by atoms with E-state index in [-0.39, 0.29) is 23.8 Å². The zero-order valence-corrected chi connectivity index (χ0v) is 14.7. The Labute approximate surface area is 155 Å². The van der Waals surface area contributed by atoms with Crippen LogP contribution in [0.3, 0.4) is 0 Å². The quantitative estimate of drug-likeness (QED) is 0.726. The summed E-state index contributed by atoms with van der Waals surface area (Å²) in [6.07, 6.45) is 0.710. The lowest BCUT2D eigenvalue weighted by Crippen LogP contribution is -2.35. The number of nitrogens with one attached hydrogen (secondary N) is 2. The van der Waals surface area contributed by atoms with Gasteiger partial charge in [-0.25, -0.2) is 4.79 Å². The minimum absolute atomic E-state index is 0.114. The Morgan fingerprint density at radius 3 is 2.58 bits per heavy atom. The van der Waals surface area contributed by atoms with Gasteiger partial charge in [-0.15, -0.1) is 11.8 Å². The van der Waals surface area contributed by atoms with E-state index in [1.54, 1.807) is 24.3 Å². The SMILES string of the molecule is O=C(CC1Sc2ccccc2NC1=O)NCCc1ccc(C(=O)O)cc1. The van der Waals surface area contributed by atoms with Gasteiger partial charge in [-0.3, -0.25) is 9.59 Å². The van der Waals surface area contributed by atoms with Gasteiger partial charge >= 0.3 is 5.97 Å². The van der Waals surface area contributed by atoms with Crippen molar-refractivity contribution in [1.82, 2.24) is 5.32 Å². The molecule has 0 bridgehead atoms. The number of carbonyl (C=O) groups is 3. The standard InChI is InChI=1S/C19H18N2O4S/c22-17(20-10-9-12-5-7-13(8-6-12)19(24)25)11-16-18(23)21-14-3-1-2-4-15(14)26-16/h1-8,16H,9-11H2,(H,20,22)(H,21,23)(H,24,25). The van der Waals surface area contributed by atoms with Gasteiger partial charge in [0.25, 0.3) is 0 Å². The highest BCUT2D eigenvalue weighted by Crippen LogP contribution is 2.36. The molecule has 3 rings (SSSR count). The molecule has 2 aromatic rings. The molecule has 0 aliphatic carbocycles. The molecule has 0 aromatic heterocycles. The molecule has 0 spiro atoms. The van der Waals surface area contributed by atoms with Crippen LogP contribution in [-0.2, 0) is 16.0 Å². The zero-order chi connectivity index (χ0) is 18.5. The van der Waals surface area contributed by atoms with Crippen LogP contribution in [-0.4, -0.2) is 34.7 Å². The second kappa shape index (κ2) is 8.05. The summed E-state index contributed by atoms with van der Waals surface area (Å²) in [7, 11) is 0. The molecule has 2 amide bonds. The van der Waals surface area contributed by atoms with E-state index in [0.29, 0.717) is 13.0 Å². The van der Waals surface area contributed by atoms with E-state index >= 15 is 0 Å². The first-order valence-corrected chi connectivity index (χ1v) is 9.06. The van der Waals surface area contributed by atoms with Crippen LogP contribution >= 0.6 is 11.8 Å². The second-order valence-corrected chi connectivity index (χ2v) is 7.14. The summed E-state index contributed by atoms with van der Waals surface area (Å²) in [5.74, 6) is -1.30. The van der Waals surface area contributed by atoms with Crippen LogP contribution < -0.4 is 10.6 Å². The average Bonchev–Trinajstić information content (AvgIpc) is 2.63. The number of benzene rings is 2. The summed E-state index contributed by atoms with van der Waals surface area (Å²) in [5, 5.41) is 14.1. The largest absolute Gasteiger partial charge is 0.478 e. The summed E-state index contributed by atoms with van der Waals surface area (Å²) < 4.78 is 0. The molecule has 1 aliphatic heterocycles. The number of anilines is 1. The van der Waals surface area contributed by atoms with Crippen LogP contribution in [0.2, 0.25) is 0 Å². The number of carboxylic acid groups (broad SMARTS) is 1. The number of hydrogen-bond acceptors (Lipinski definition) is 4. The van der Waals surface area contributed by atoms with Crippen molar-refractivity contribution in [2.45, 2.75) is 23.0 Å². The Kier molecular flexibility index (Phi) is 5.58. The Morgan fingerprint density at radius 1 is 1.12 bits per heavy atom. The van der Waals surface area contributed by atoms with Gasteiger partial charge in [0.1, 0.15) is 0 Å². The molecular weight excluding hydrogens is 352 g/mol. The van der Waals surface area contributed by atoms with Gasteiger partial charge in [-0.1, -0.05) is 24.3 Å². The van der Waals surface area contributed by atoms with Crippen LogP contribution in [0.1, 0.15) is 22.3 Å². The Balaban J connectivity index is 1.47. The van der Waals surface area contributed by atoms with Gasteiger partial charge in [-0.2, -0.15) is 0 Å². The monoisotopic (exact) mass is 370 g/mol. The minimum Gasteiger partial charge on any atom is -0.478 e. The molecule has 2 aromatic carbocycles. The lowest BCUT2D eigenvalue weighted by Gasteiger charge is -2.23. The van der Waals surface area contributed by atoms with Gasteiger partial charge in [0.05, 0.1) is 16.5 Å². The highest BCUT2D eigenvalue weighted by molar-refractivity contribution is 8.01. The zero-order valence-electron chi connectivity index (χ0n) is 13.9. The highest BCUT2D eigenvalue weighted by Gasteiger charge is 2.28. The molecule has 7 heteroatoms. The summed E-state index contributed by atoms with van der Waals surface area (Å²) in [5.41, 5.74) is 1.95. The van der Waals surface area contributed by atoms with Gasteiger partial charge in [0.15, 0.2) is 0 Å². The molecule has 3 N–H and O–H groups in total. The van der Waals surface area contributed by atoms with Crippen LogP contribution in [0.25, 0.3) is 0 Å². The molecule has 134 valence electrons. The molecule has 1 unspecified atom stereocenters. The van der Waals surface area contributed by atoms with Gasteiger partial charge in [0.2, 0.25) is 11.8 Å². The number of carboxylic acids is 1. The average molecular weight is 370 g/mol. The van der Waals surface area contributed by atoms with Crippen LogP contribution in [0.4, 0.5) is 5.69 Å². The topological polar surface area (TPSA) is 95.5 Å². The van der Waals surface area contributed by atoms with E-state index in [9.17, 15) is 14.4 Å². The predicted octanol–water partition coefficient (Wildman–Crippen LogP) is 2.55. The molecule has 0 radical (unpaired) electrons. The van der Waals surface area contributed by atoms with Crippen LogP contribution in [0.15, 0.2) is 53.4 Å². The van der Waals surface area contributed by atoms with Gasteiger partial charge in [0, 0.05) is 17.9 Å². The molecule has 1 aliphatic rings. The van der Waals surface area contributed by atoms with Crippen molar-refractivity contribution in [3.8, 4) is 0 Å². The molecule has 1 heterocycles. The lowest BCUT2D eigenvalue weighted by molar-refractivity contribution is -0.124. The van der Waals surface area contributed by atoms with Gasteiger partial charge in [-0.05, 0) is 36.2 Å². The molecule has 0 saturated carbocycles. The van der Waals surface area contributed by atoms with E-state index in [1.807, 2.05) is 24.3 Å². The number of thioether (sulfide) groups is 1. The fourth-order valence-electron chi connectivity index (χ4n) is 2.63. The van der Waals surface area contributed by atoms with Crippen molar-refractivity contribution in [1.29, 1.82) is 0 Å². The van der Waals surface area contributed by atoms with Crippen molar-refractivity contribution in [3.05, 3.63) is 59.7 Å². The van der Waals surface area contributed by atoms with E-state index in [1.165, 1.54) is 11.8 Å². The lowest BCUT2D eigenvalue weighted by atomic mass is 10.1. The fourth-order valence-corrected chi connectivity index (χ4v) is 3.74. The molecule has 26 heavy (non-hydrogen) atoms. The number of carbonyl (C=O) groups excluding carboxylic acids is 2. The van der Waals surface area contributed by atoms with Crippen LogP contribution in [0, 0.1) is 0 Å². The number of amides is 2. The van der Waals surface area contributed by atoms with Crippen molar-refractivity contribution in [2.24, 2.45) is 0 Å². The predicted molar refractivity (Wildman–Crippen MR) is 99.4 cm³/mol. The maximum atomic E-state index is 12.1. The van der Waals surface area contributed by atoms with E-state index in [2.05, 4.69) is 10.6 Å². The number of para-hydroxylation sites is 1. The van der Waals surface area contributed by atoms with Crippen LogP contribution in [0.5, 0.6) is 0 Å².